The van der Waals surface area contributed by atoms with Crippen LogP contribution in [0.25, 0.3) is 11.1 Å². The molecule has 3 rings (SSSR count). The summed E-state index contributed by atoms with van der Waals surface area (Å²) in [4.78, 5) is 12.0. The molecule has 1 aliphatic rings. The predicted octanol–water partition coefficient (Wildman–Crippen LogP) is 4.24. The van der Waals surface area contributed by atoms with Crippen LogP contribution in [0.15, 0.2) is 48.5 Å². The van der Waals surface area contributed by atoms with E-state index in [0.717, 1.165) is 49.7 Å². The molecule has 0 heterocycles. The lowest BCUT2D eigenvalue weighted by molar-refractivity contribution is -0.122. The zero-order valence-corrected chi connectivity index (χ0v) is 15.0. The van der Waals surface area contributed by atoms with Crippen LogP contribution in [-0.2, 0) is 11.2 Å². The summed E-state index contributed by atoms with van der Waals surface area (Å²) in [5.41, 5.74) is 2.62. The van der Waals surface area contributed by atoms with E-state index in [-0.39, 0.29) is 23.9 Å². The molecule has 2 aromatic carbocycles. The van der Waals surface area contributed by atoms with Gasteiger partial charge in [0.2, 0.25) is 5.91 Å². The minimum atomic E-state index is -0.216. The van der Waals surface area contributed by atoms with Crippen molar-refractivity contribution in [3.63, 3.8) is 0 Å². The number of amides is 1. The number of aliphatic hydroxyl groups excluding tert-OH is 1. The number of benzene rings is 2. The van der Waals surface area contributed by atoms with Gasteiger partial charge in [-0.2, -0.15) is 0 Å². The second-order valence-corrected chi connectivity index (χ2v) is 7.10. The number of hydrogen-bond acceptors (Lipinski definition) is 2. The van der Waals surface area contributed by atoms with E-state index in [1.54, 1.807) is 12.1 Å². The zero-order valence-electron chi connectivity index (χ0n) is 15.0. The molecular formula is C22H26FNO2. The minimum absolute atomic E-state index is 0.0920. The molecule has 1 aliphatic carbocycles. The van der Waals surface area contributed by atoms with Gasteiger partial charge in [-0.3, -0.25) is 4.79 Å². The Bertz CT molecular complexity index is 721. The lowest BCUT2D eigenvalue weighted by Gasteiger charge is -2.26. The number of hydrogen-bond donors (Lipinski definition) is 2. The molecule has 1 fully saturated rings. The Morgan fingerprint density at radius 2 is 1.73 bits per heavy atom. The first kappa shape index (κ1) is 18.6. The Morgan fingerprint density at radius 3 is 2.42 bits per heavy atom. The molecule has 3 nitrogen and oxygen atoms in total. The molecule has 0 atom stereocenters. The van der Waals surface area contributed by atoms with Crippen molar-refractivity contribution in [1.82, 2.24) is 5.32 Å². The van der Waals surface area contributed by atoms with Crippen LogP contribution < -0.4 is 5.32 Å². The topological polar surface area (TPSA) is 49.3 Å². The fraction of sp³-hybridized carbons (Fsp3) is 0.409. The van der Waals surface area contributed by atoms with Gasteiger partial charge in [0.05, 0.1) is 6.10 Å². The van der Waals surface area contributed by atoms with E-state index in [2.05, 4.69) is 5.32 Å². The Balaban J connectivity index is 1.43. The summed E-state index contributed by atoms with van der Waals surface area (Å²) >= 11 is 0. The van der Waals surface area contributed by atoms with Crippen molar-refractivity contribution >= 4 is 5.91 Å². The van der Waals surface area contributed by atoms with Crippen LogP contribution in [0.4, 0.5) is 4.39 Å². The Morgan fingerprint density at radius 1 is 1.04 bits per heavy atom. The van der Waals surface area contributed by atoms with Crippen molar-refractivity contribution in [2.24, 2.45) is 0 Å². The van der Waals surface area contributed by atoms with Gasteiger partial charge in [-0.25, -0.2) is 4.39 Å². The molecular weight excluding hydrogens is 329 g/mol. The highest BCUT2D eigenvalue weighted by atomic mass is 19.1. The van der Waals surface area contributed by atoms with Gasteiger partial charge in [0.15, 0.2) is 0 Å². The molecule has 138 valence electrons. The monoisotopic (exact) mass is 355 g/mol. The maximum atomic E-state index is 13.8. The largest absolute Gasteiger partial charge is 0.393 e. The molecule has 2 N–H and O–H groups in total. The first-order valence-electron chi connectivity index (χ1n) is 9.43. The van der Waals surface area contributed by atoms with E-state index >= 15 is 0 Å². The average Bonchev–Trinajstić information content (AvgIpc) is 2.65. The summed E-state index contributed by atoms with van der Waals surface area (Å²) in [6.45, 7) is 0. The second kappa shape index (κ2) is 8.95. The van der Waals surface area contributed by atoms with Crippen molar-refractivity contribution in [3.8, 4) is 11.1 Å². The number of rotatable bonds is 6. The number of aryl methyl sites for hydroxylation is 1. The molecule has 0 aliphatic heterocycles. The molecule has 2 aromatic rings. The van der Waals surface area contributed by atoms with E-state index < -0.39 is 0 Å². The molecule has 0 bridgehead atoms. The van der Waals surface area contributed by atoms with Crippen LogP contribution in [-0.4, -0.2) is 23.2 Å². The van der Waals surface area contributed by atoms with Gasteiger partial charge in [0.25, 0.3) is 0 Å². The van der Waals surface area contributed by atoms with Gasteiger partial charge in [0, 0.05) is 18.0 Å². The highest BCUT2D eigenvalue weighted by molar-refractivity contribution is 5.76. The normalized spacial score (nSPS) is 19.9. The first-order valence-corrected chi connectivity index (χ1v) is 9.43. The summed E-state index contributed by atoms with van der Waals surface area (Å²) in [5, 5.41) is 12.6. The summed E-state index contributed by atoms with van der Waals surface area (Å²) in [7, 11) is 0. The quantitative estimate of drug-likeness (QED) is 0.814. The fourth-order valence-corrected chi connectivity index (χ4v) is 3.52. The lowest BCUT2D eigenvalue weighted by Crippen LogP contribution is -2.38. The summed E-state index contributed by atoms with van der Waals surface area (Å²) < 4.78 is 13.8. The molecule has 0 unspecified atom stereocenters. The number of nitrogens with one attached hydrogen (secondary N) is 1. The fourth-order valence-electron chi connectivity index (χ4n) is 3.52. The Kier molecular flexibility index (Phi) is 6.40. The van der Waals surface area contributed by atoms with Crippen LogP contribution in [0.5, 0.6) is 0 Å². The number of carbonyl (C=O) groups excluding carboxylic acids is 1. The molecule has 1 saturated carbocycles. The molecule has 0 saturated heterocycles. The summed E-state index contributed by atoms with van der Waals surface area (Å²) in [6.07, 6.45) is 5.21. The van der Waals surface area contributed by atoms with Gasteiger partial charge in [-0.1, -0.05) is 42.5 Å². The molecule has 1 amide bonds. The van der Waals surface area contributed by atoms with Crippen LogP contribution in [0.3, 0.4) is 0 Å². The van der Waals surface area contributed by atoms with Crippen LogP contribution >= 0.6 is 0 Å². The molecule has 4 heteroatoms. The van der Waals surface area contributed by atoms with Crippen molar-refractivity contribution in [2.75, 3.05) is 0 Å². The van der Waals surface area contributed by atoms with Crippen LogP contribution in [0, 0.1) is 5.82 Å². The van der Waals surface area contributed by atoms with E-state index in [0.29, 0.717) is 12.0 Å². The number of carbonyl (C=O) groups is 1. The van der Waals surface area contributed by atoms with E-state index in [1.165, 1.54) is 6.07 Å². The van der Waals surface area contributed by atoms with Gasteiger partial charge >= 0.3 is 0 Å². The lowest BCUT2D eigenvalue weighted by atomic mass is 9.93. The SMILES string of the molecule is O=C(CCCc1ccc(-c2ccccc2F)cc1)NC1CCC(O)CC1. The highest BCUT2D eigenvalue weighted by Gasteiger charge is 2.20. The maximum Gasteiger partial charge on any atom is 0.220 e. The second-order valence-electron chi connectivity index (χ2n) is 7.10. The minimum Gasteiger partial charge on any atom is -0.393 e. The third-order valence-corrected chi connectivity index (χ3v) is 5.07. The average molecular weight is 355 g/mol. The Labute approximate surface area is 154 Å². The zero-order chi connectivity index (χ0) is 18.4. The van der Waals surface area contributed by atoms with E-state index in [4.69, 9.17) is 0 Å². The van der Waals surface area contributed by atoms with Crippen molar-refractivity contribution < 1.29 is 14.3 Å². The summed E-state index contributed by atoms with van der Waals surface area (Å²) in [6, 6.07) is 14.8. The van der Waals surface area contributed by atoms with Gasteiger partial charge in [-0.05, 0) is 55.7 Å². The van der Waals surface area contributed by atoms with E-state index in [9.17, 15) is 14.3 Å². The number of aliphatic hydroxyl groups is 1. The van der Waals surface area contributed by atoms with Crippen molar-refractivity contribution in [3.05, 3.63) is 59.9 Å². The molecule has 0 spiro atoms. The van der Waals surface area contributed by atoms with Crippen LogP contribution in [0.2, 0.25) is 0 Å². The molecule has 0 aromatic heterocycles. The molecule has 26 heavy (non-hydrogen) atoms. The third kappa shape index (κ3) is 5.15. The van der Waals surface area contributed by atoms with Gasteiger partial charge in [0.1, 0.15) is 5.82 Å². The Hall–Kier alpha value is -2.20. The van der Waals surface area contributed by atoms with Crippen molar-refractivity contribution in [1.29, 1.82) is 0 Å². The van der Waals surface area contributed by atoms with Crippen molar-refractivity contribution in [2.45, 2.75) is 57.1 Å². The van der Waals surface area contributed by atoms with E-state index in [1.807, 2.05) is 30.3 Å². The first-order chi connectivity index (χ1) is 12.6. The summed E-state index contributed by atoms with van der Waals surface area (Å²) in [5.74, 6) is -0.124. The highest BCUT2D eigenvalue weighted by Crippen LogP contribution is 2.23. The van der Waals surface area contributed by atoms with Gasteiger partial charge < -0.3 is 10.4 Å². The third-order valence-electron chi connectivity index (χ3n) is 5.07. The maximum absolute atomic E-state index is 13.8. The smallest absolute Gasteiger partial charge is 0.220 e. The number of halogens is 1. The predicted molar refractivity (Wildman–Crippen MR) is 101 cm³/mol. The van der Waals surface area contributed by atoms with Gasteiger partial charge in [-0.15, -0.1) is 0 Å². The standard InChI is InChI=1S/C22H26FNO2/c23-21-6-2-1-5-20(21)17-10-8-16(9-11-17)4-3-7-22(26)24-18-12-14-19(25)15-13-18/h1-2,5-6,8-11,18-19,25H,3-4,7,12-15H2,(H,24,26). The molecule has 0 radical (unpaired) electrons. The van der Waals surface area contributed by atoms with Crippen LogP contribution in [0.1, 0.15) is 44.1 Å².